The predicted octanol–water partition coefficient (Wildman–Crippen LogP) is 2.17. The van der Waals surface area contributed by atoms with E-state index in [4.69, 9.17) is 16.9 Å². The lowest BCUT2D eigenvalue weighted by atomic mass is 9.96. The van der Waals surface area contributed by atoms with Crippen LogP contribution in [0.15, 0.2) is 12.3 Å². The van der Waals surface area contributed by atoms with E-state index >= 15 is 0 Å². The number of rotatable bonds is 3. The number of pyridine rings is 1. The molecule has 120 valence electrons. The zero-order valence-corrected chi connectivity index (χ0v) is 13.9. The molecule has 2 aromatic rings. The second-order valence-electron chi connectivity index (χ2n) is 5.82. The fourth-order valence-electron chi connectivity index (χ4n) is 2.74. The van der Waals surface area contributed by atoms with E-state index in [9.17, 15) is 0 Å². The Kier molecular flexibility index (Phi) is 4.35. The second-order valence-corrected chi connectivity index (χ2v) is 6.22. The van der Waals surface area contributed by atoms with Gasteiger partial charge in [0.15, 0.2) is 0 Å². The molecule has 8 heteroatoms. The molecule has 0 atom stereocenters. The third-order valence-electron chi connectivity index (χ3n) is 4.02. The van der Waals surface area contributed by atoms with Crippen LogP contribution in [-0.2, 0) is 0 Å². The summed E-state index contributed by atoms with van der Waals surface area (Å²) < 4.78 is 0. The Morgan fingerprint density at radius 1 is 1.39 bits per heavy atom. The molecule has 1 N–H and O–H groups in total. The molecule has 1 fully saturated rings. The van der Waals surface area contributed by atoms with Gasteiger partial charge in [-0.25, -0.2) is 4.98 Å². The van der Waals surface area contributed by atoms with Crippen molar-refractivity contribution < 1.29 is 0 Å². The van der Waals surface area contributed by atoms with Crippen LogP contribution in [0, 0.1) is 11.3 Å². The van der Waals surface area contributed by atoms with Crippen LogP contribution in [0.2, 0.25) is 5.02 Å². The molecule has 0 aliphatic carbocycles. The lowest BCUT2D eigenvalue weighted by molar-refractivity contribution is 0.484. The molecule has 1 aliphatic rings. The monoisotopic (exact) mass is 331 g/mol. The van der Waals surface area contributed by atoms with Crippen LogP contribution in [0.4, 0.5) is 11.8 Å². The largest absolute Gasteiger partial charge is 0.355 e. The topological polar surface area (TPSA) is 84.7 Å². The highest BCUT2D eigenvalue weighted by atomic mass is 35.5. The average molecular weight is 332 g/mol. The van der Waals surface area contributed by atoms with Crippen LogP contribution in [0.1, 0.15) is 30.1 Å². The molecule has 0 unspecified atom stereocenters. The minimum Gasteiger partial charge on any atom is -0.355 e. The van der Waals surface area contributed by atoms with E-state index in [2.05, 4.69) is 25.1 Å². The Labute approximate surface area is 139 Å². The van der Waals surface area contributed by atoms with Crippen LogP contribution in [0.5, 0.6) is 0 Å². The molecule has 0 radical (unpaired) electrons. The number of aromatic nitrogens is 4. The number of aromatic amines is 1. The first-order valence-electron chi connectivity index (χ1n) is 7.48. The predicted molar refractivity (Wildman–Crippen MR) is 88.9 cm³/mol. The van der Waals surface area contributed by atoms with Gasteiger partial charge in [-0.05, 0) is 18.9 Å². The highest BCUT2D eigenvalue weighted by molar-refractivity contribution is 6.33. The zero-order valence-electron chi connectivity index (χ0n) is 13.1. The van der Waals surface area contributed by atoms with Gasteiger partial charge >= 0.3 is 0 Å². The smallest absolute Gasteiger partial charge is 0.244 e. The van der Waals surface area contributed by atoms with Crippen LogP contribution < -0.4 is 9.80 Å². The molecule has 0 saturated carbocycles. The molecule has 2 aromatic heterocycles. The van der Waals surface area contributed by atoms with E-state index < -0.39 is 0 Å². The summed E-state index contributed by atoms with van der Waals surface area (Å²) in [7, 11) is 3.85. The number of piperidine rings is 1. The van der Waals surface area contributed by atoms with E-state index in [1.54, 1.807) is 12.3 Å². The van der Waals surface area contributed by atoms with Crippen molar-refractivity contribution in [3.8, 4) is 6.07 Å². The minimum absolute atomic E-state index is 0.365. The lowest BCUT2D eigenvalue weighted by Gasteiger charge is -2.32. The number of halogens is 1. The summed E-state index contributed by atoms with van der Waals surface area (Å²) in [5, 5.41) is 16.7. The van der Waals surface area contributed by atoms with Gasteiger partial charge in [0, 0.05) is 39.3 Å². The van der Waals surface area contributed by atoms with Gasteiger partial charge in [-0.1, -0.05) is 11.6 Å². The molecular formula is C15H18ClN7. The van der Waals surface area contributed by atoms with Crippen molar-refractivity contribution >= 4 is 23.4 Å². The molecular weight excluding hydrogens is 314 g/mol. The fraction of sp³-hybridized carbons (Fsp3) is 0.467. The van der Waals surface area contributed by atoms with Crippen molar-refractivity contribution in [1.82, 2.24) is 20.2 Å². The standard InChI is InChI=1S/C15H18ClN7/c1-22(2)15-19-13(20-21-15)11-3-5-23(6-4-11)14-12(16)7-10(8-17)9-18-14/h7,9,11H,3-6H2,1-2H3,(H,19,20,21). The van der Waals surface area contributed by atoms with Gasteiger partial charge in [-0.2, -0.15) is 10.2 Å². The molecule has 1 saturated heterocycles. The summed E-state index contributed by atoms with van der Waals surface area (Å²) in [6.07, 6.45) is 3.48. The van der Waals surface area contributed by atoms with Crippen molar-refractivity contribution in [1.29, 1.82) is 5.26 Å². The van der Waals surface area contributed by atoms with Crippen LogP contribution in [-0.4, -0.2) is 47.4 Å². The molecule has 0 spiro atoms. The van der Waals surface area contributed by atoms with E-state index in [0.717, 1.165) is 37.6 Å². The van der Waals surface area contributed by atoms with Crippen molar-refractivity contribution in [2.75, 3.05) is 37.0 Å². The summed E-state index contributed by atoms with van der Waals surface area (Å²) >= 11 is 6.24. The Morgan fingerprint density at radius 2 is 2.13 bits per heavy atom. The summed E-state index contributed by atoms with van der Waals surface area (Å²) in [6, 6.07) is 3.71. The molecule has 0 bridgehead atoms. The first kappa shape index (κ1) is 15.6. The maximum Gasteiger partial charge on any atom is 0.244 e. The number of H-pyrrole nitrogens is 1. The highest BCUT2D eigenvalue weighted by Crippen LogP contribution is 2.31. The number of anilines is 2. The quantitative estimate of drug-likeness (QED) is 0.927. The molecule has 23 heavy (non-hydrogen) atoms. The number of hydrogen-bond acceptors (Lipinski definition) is 6. The lowest BCUT2D eigenvalue weighted by Crippen LogP contribution is -2.34. The number of nitrogens with zero attached hydrogens (tertiary/aromatic N) is 6. The Morgan fingerprint density at radius 3 is 2.70 bits per heavy atom. The highest BCUT2D eigenvalue weighted by Gasteiger charge is 2.25. The third kappa shape index (κ3) is 3.22. The van der Waals surface area contributed by atoms with Gasteiger partial charge in [0.05, 0.1) is 10.6 Å². The van der Waals surface area contributed by atoms with Crippen molar-refractivity contribution in [3.63, 3.8) is 0 Å². The van der Waals surface area contributed by atoms with Crippen LogP contribution in [0.25, 0.3) is 0 Å². The van der Waals surface area contributed by atoms with Crippen molar-refractivity contribution in [2.45, 2.75) is 18.8 Å². The molecule has 3 rings (SSSR count). The van der Waals surface area contributed by atoms with E-state index in [0.29, 0.717) is 22.5 Å². The van der Waals surface area contributed by atoms with Crippen molar-refractivity contribution in [3.05, 3.63) is 28.7 Å². The number of nitriles is 1. The van der Waals surface area contributed by atoms with Gasteiger partial charge in [-0.15, -0.1) is 5.10 Å². The first-order chi connectivity index (χ1) is 11.1. The van der Waals surface area contributed by atoms with Crippen LogP contribution >= 0.6 is 11.6 Å². The third-order valence-corrected chi connectivity index (χ3v) is 4.30. The minimum atomic E-state index is 0.365. The van der Waals surface area contributed by atoms with Gasteiger partial charge in [0.2, 0.25) is 5.95 Å². The maximum absolute atomic E-state index is 8.88. The van der Waals surface area contributed by atoms with E-state index in [1.165, 1.54) is 0 Å². The SMILES string of the molecule is CN(C)c1n[nH]c(C2CCN(c3ncc(C#N)cc3Cl)CC2)n1. The summed E-state index contributed by atoms with van der Waals surface area (Å²) in [6.45, 7) is 1.70. The Bertz CT molecular complexity index is 726. The Balaban J connectivity index is 1.67. The van der Waals surface area contributed by atoms with Gasteiger partial charge in [-0.3, -0.25) is 5.10 Å². The van der Waals surface area contributed by atoms with E-state index in [-0.39, 0.29) is 0 Å². The van der Waals surface area contributed by atoms with Gasteiger partial charge < -0.3 is 9.80 Å². The van der Waals surface area contributed by atoms with Gasteiger partial charge in [0.25, 0.3) is 0 Å². The number of hydrogen-bond donors (Lipinski definition) is 1. The molecule has 0 aromatic carbocycles. The molecule has 0 amide bonds. The fourth-order valence-corrected chi connectivity index (χ4v) is 3.02. The first-order valence-corrected chi connectivity index (χ1v) is 7.86. The molecule has 1 aliphatic heterocycles. The second kappa shape index (κ2) is 6.42. The molecule has 3 heterocycles. The van der Waals surface area contributed by atoms with Crippen molar-refractivity contribution in [2.24, 2.45) is 0 Å². The molecule has 7 nitrogen and oxygen atoms in total. The normalized spacial score (nSPS) is 15.5. The number of nitrogens with one attached hydrogen (secondary N) is 1. The average Bonchev–Trinajstić information content (AvgIpc) is 3.05. The van der Waals surface area contributed by atoms with E-state index in [1.807, 2.05) is 25.1 Å². The van der Waals surface area contributed by atoms with Gasteiger partial charge in [0.1, 0.15) is 17.7 Å². The summed E-state index contributed by atoms with van der Waals surface area (Å²) in [5.41, 5.74) is 0.478. The zero-order chi connectivity index (χ0) is 16.4. The maximum atomic E-state index is 8.88. The summed E-state index contributed by atoms with van der Waals surface area (Å²) in [5.74, 6) is 2.76. The Hall–Kier alpha value is -2.33. The van der Waals surface area contributed by atoms with Crippen LogP contribution in [0.3, 0.4) is 0 Å². The summed E-state index contributed by atoms with van der Waals surface area (Å²) in [4.78, 5) is 12.9.